The smallest absolute Gasteiger partial charge is 0.197 e. The summed E-state index contributed by atoms with van der Waals surface area (Å²) in [6, 6.07) is 36.7. The zero-order valence-electron chi connectivity index (χ0n) is 55.4. The largest absolute Gasteiger partial charge is 0.507 e. The van der Waals surface area contributed by atoms with E-state index in [9.17, 15) is 5.11 Å². The molecule has 87 heavy (non-hydrogen) atoms. The van der Waals surface area contributed by atoms with Gasteiger partial charge in [-0.25, -0.2) is 0 Å². The molecule has 3 aliphatic carbocycles. The Hall–Kier alpha value is -6.38. The van der Waals surface area contributed by atoms with Crippen LogP contribution in [-0.4, -0.2) is 42.3 Å². The lowest BCUT2D eigenvalue weighted by molar-refractivity contribution is -0.117. The van der Waals surface area contributed by atoms with Crippen LogP contribution in [0.2, 0.25) is 0 Å². The SMILES string of the molecule is Cc1cc(C(c2ccc(-c3cccc(-c4ccc(C(c5cc(C)c(OC(C)OC6CCCCC6)c(C)c5C)c5cc(C)c(OC(C)OC6CCCCC6)c(C)c5C)cc4)c3)cc2)c2cc(C)c(OC(C)OC3CCCCC3)c(C)c2C)c(C)c(C)c1O. The zero-order chi connectivity index (χ0) is 61.8. The molecule has 0 aliphatic heterocycles. The maximum atomic E-state index is 11.2. The van der Waals surface area contributed by atoms with E-state index in [4.69, 9.17) is 28.4 Å². The van der Waals surface area contributed by atoms with Gasteiger partial charge in [-0.1, -0.05) is 149 Å². The minimum Gasteiger partial charge on any atom is -0.507 e. The van der Waals surface area contributed by atoms with E-state index < -0.39 is 0 Å². The molecule has 7 aromatic rings. The second-order valence-electron chi connectivity index (χ2n) is 26.4. The van der Waals surface area contributed by atoms with E-state index in [1.54, 1.807) is 0 Å². The fourth-order valence-electron chi connectivity index (χ4n) is 14.8. The van der Waals surface area contributed by atoms with Crippen LogP contribution in [-0.2, 0) is 14.2 Å². The molecular formula is C80H100O7. The lowest BCUT2D eigenvalue weighted by atomic mass is 9.77. The minimum atomic E-state index is -0.337. The highest BCUT2D eigenvalue weighted by atomic mass is 16.7. The normalized spacial score (nSPS) is 17.2. The molecule has 4 unspecified atom stereocenters. The predicted molar refractivity (Wildman–Crippen MR) is 358 cm³/mol. The van der Waals surface area contributed by atoms with E-state index in [1.165, 1.54) is 108 Å². The maximum absolute atomic E-state index is 11.2. The third-order valence-electron chi connectivity index (χ3n) is 20.2. The van der Waals surface area contributed by atoms with Crippen molar-refractivity contribution in [3.8, 4) is 45.3 Å². The quantitative estimate of drug-likeness (QED) is 0.0602. The molecule has 3 aliphatic rings. The molecule has 7 nitrogen and oxygen atoms in total. The van der Waals surface area contributed by atoms with Crippen molar-refractivity contribution < 1.29 is 33.5 Å². The molecular weight excluding hydrogens is 1070 g/mol. The number of hydrogen-bond acceptors (Lipinski definition) is 7. The fraction of sp³-hybridized carbons (Fsp3) is 0.475. The zero-order valence-corrected chi connectivity index (χ0v) is 55.4. The van der Waals surface area contributed by atoms with E-state index in [0.29, 0.717) is 5.75 Å². The summed E-state index contributed by atoms with van der Waals surface area (Å²) < 4.78 is 39.6. The third-order valence-corrected chi connectivity index (χ3v) is 20.2. The van der Waals surface area contributed by atoms with Crippen LogP contribution in [0.3, 0.4) is 0 Å². The number of hydrogen-bond donors (Lipinski definition) is 1. The second kappa shape index (κ2) is 28.0. The average molecular weight is 1170 g/mol. The second-order valence-corrected chi connectivity index (χ2v) is 26.4. The summed E-state index contributed by atoms with van der Waals surface area (Å²) in [5, 5.41) is 11.2. The summed E-state index contributed by atoms with van der Waals surface area (Å²) in [7, 11) is 0. The van der Waals surface area contributed by atoms with E-state index in [1.807, 2.05) is 20.8 Å². The highest BCUT2D eigenvalue weighted by Crippen LogP contribution is 2.46. The third kappa shape index (κ3) is 14.2. The van der Waals surface area contributed by atoms with E-state index in [0.717, 1.165) is 128 Å². The monoisotopic (exact) mass is 1170 g/mol. The van der Waals surface area contributed by atoms with Gasteiger partial charge in [0.05, 0.1) is 18.3 Å². The molecule has 0 aromatic heterocycles. The van der Waals surface area contributed by atoms with Crippen LogP contribution in [0.15, 0.2) is 97.1 Å². The summed E-state index contributed by atoms with van der Waals surface area (Å²) in [6.07, 6.45) is 17.6. The van der Waals surface area contributed by atoms with Gasteiger partial charge in [-0.05, 0) is 271 Å². The maximum Gasteiger partial charge on any atom is 0.197 e. The molecule has 1 N–H and O–H groups in total. The molecule has 0 heterocycles. The molecule has 10 rings (SSSR count). The first-order valence-corrected chi connectivity index (χ1v) is 33.1. The lowest BCUT2D eigenvalue weighted by Gasteiger charge is -2.30. The van der Waals surface area contributed by atoms with Crippen LogP contribution in [0, 0.1) is 83.1 Å². The van der Waals surface area contributed by atoms with Crippen LogP contribution >= 0.6 is 0 Å². The Kier molecular flexibility index (Phi) is 20.5. The Morgan fingerprint density at radius 3 is 0.920 bits per heavy atom. The van der Waals surface area contributed by atoms with Gasteiger partial charge in [0.15, 0.2) is 18.9 Å². The number of aryl methyl sites for hydroxylation is 4. The van der Waals surface area contributed by atoms with Gasteiger partial charge in [0.1, 0.15) is 23.0 Å². The molecule has 3 fully saturated rings. The van der Waals surface area contributed by atoms with Crippen molar-refractivity contribution in [2.24, 2.45) is 0 Å². The Bertz CT molecular complexity index is 3430. The van der Waals surface area contributed by atoms with Crippen molar-refractivity contribution in [1.29, 1.82) is 0 Å². The Morgan fingerprint density at radius 2 is 0.609 bits per heavy atom. The molecule has 0 amide bonds. The van der Waals surface area contributed by atoms with Crippen LogP contribution < -0.4 is 14.2 Å². The Balaban J connectivity index is 0.965. The van der Waals surface area contributed by atoms with Gasteiger partial charge in [0.25, 0.3) is 0 Å². The Labute approximate surface area is 522 Å². The average Bonchev–Trinajstić information content (AvgIpc) is 1.68. The van der Waals surface area contributed by atoms with E-state index >= 15 is 0 Å². The first-order chi connectivity index (χ1) is 41.8. The van der Waals surface area contributed by atoms with Crippen molar-refractivity contribution in [3.63, 3.8) is 0 Å². The van der Waals surface area contributed by atoms with Gasteiger partial charge in [0.2, 0.25) is 0 Å². The summed E-state index contributed by atoms with van der Waals surface area (Å²) in [4.78, 5) is 0. The van der Waals surface area contributed by atoms with Gasteiger partial charge >= 0.3 is 0 Å². The van der Waals surface area contributed by atoms with Crippen LogP contribution in [0.4, 0.5) is 0 Å². The van der Waals surface area contributed by atoms with Crippen LogP contribution in [0.25, 0.3) is 22.3 Å². The summed E-state index contributed by atoms with van der Waals surface area (Å²) in [5.41, 5.74) is 25.3. The first kappa shape index (κ1) is 63.6. The van der Waals surface area contributed by atoms with Gasteiger partial charge in [-0.3, -0.25) is 0 Å². The lowest BCUT2D eigenvalue weighted by Crippen LogP contribution is -2.27. The Morgan fingerprint density at radius 1 is 0.322 bits per heavy atom. The van der Waals surface area contributed by atoms with Crippen molar-refractivity contribution in [3.05, 3.63) is 197 Å². The first-order valence-electron chi connectivity index (χ1n) is 33.1. The number of benzene rings is 7. The fourth-order valence-corrected chi connectivity index (χ4v) is 14.8. The summed E-state index contributed by atoms with van der Waals surface area (Å²) in [6.45, 7) is 32.3. The van der Waals surface area contributed by atoms with E-state index in [2.05, 4.69) is 180 Å². The van der Waals surface area contributed by atoms with Crippen LogP contribution in [0.1, 0.15) is 229 Å². The molecule has 462 valence electrons. The molecule has 3 saturated carbocycles. The van der Waals surface area contributed by atoms with Crippen molar-refractivity contribution in [1.82, 2.24) is 0 Å². The number of phenolic OH excluding ortho intramolecular Hbond substituents is 1. The molecule has 7 heteroatoms. The predicted octanol–water partition coefficient (Wildman–Crippen LogP) is 21.0. The molecule has 7 aromatic carbocycles. The standard InChI is InChI=1S/C80H100O7/c1-47-42-71(51(5)55(9)77(47)81)75(72-43-48(2)78(56(10)52(72)6)85-59(13)82-68-28-19-16-20-29-68)64-38-34-62(35-39-64)66-26-25-27-67(46-66)63-36-40-65(41-37-63)76(73-44-49(3)79(57(11)53(73)7)86-60(14)83-69-30-21-17-22-31-69)74-45-50(4)80(58(12)54(74)8)87-61(15)84-70-32-23-18-24-33-70/h25-27,34-46,59-61,68-70,75-76,81H,16-24,28-33H2,1-15H3. The van der Waals surface area contributed by atoms with Gasteiger partial charge in [-0.2, -0.15) is 0 Å². The van der Waals surface area contributed by atoms with Gasteiger partial charge in [0, 0.05) is 11.8 Å². The number of ether oxygens (including phenoxy) is 6. The van der Waals surface area contributed by atoms with Crippen molar-refractivity contribution >= 4 is 0 Å². The molecule has 4 atom stereocenters. The van der Waals surface area contributed by atoms with Gasteiger partial charge in [-0.15, -0.1) is 0 Å². The van der Waals surface area contributed by atoms with Crippen LogP contribution in [0.5, 0.6) is 23.0 Å². The number of phenols is 1. The summed E-state index contributed by atoms with van der Waals surface area (Å²) in [5.74, 6) is 2.96. The molecule has 0 bridgehead atoms. The summed E-state index contributed by atoms with van der Waals surface area (Å²) >= 11 is 0. The number of aromatic hydroxyl groups is 1. The molecule has 0 radical (unpaired) electrons. The molecule has 0 spiro atoms. The minimum absolute atomic E-state index is 0.0622. The highest BCUT2D eigenvalue weighted by molar-refractivity contribution is 5.74. The van der Waals surface area contributed by atoms with E-state index in [-0.39, 0.29) is 49.0 Å². The molecule has 0 saturated heterocycles. The van der Waals surface area contributed by atoms with Gasteiger partial charge < -0.3 is 33.5 Å². The van der Waals surface area contributed by atoms with Crippen molar-refractivity contribution in [2.75, 3.05) is 0 Å². The van der Waals surface area contributed by atoms with Crippen molar-refractivity contribution in [2.45, 2.75) is 249 Å². The number of rotatable bonds is 20. The topological polar surface area (TPSA) is 75.6 Å². The highest BCUT2D eigenvalue weighted by Gasteiger charge is 2.30.